The molecule has 1 saturated carbocycles. The number of nitrogens with one attached hydrogen (secondary N) is 2. The number of ether oxygens (including phenoxy) is 1. The highest BCUT2D eigenvalue weighted by Gasteiger charge is 2.31. The Labute approximate surface area is 215 Å². The minimum Gasteiger partial charge on any atom is -0.476 e. The molecule has 3 N–H and O–H groups in total. The van der Waals surface area contributed by atoms with Crippen LogP contribution < -0.4 is 14.8 Å². The molecule has 10 nitrogen and oxygen atoms in total. The van der Waals surface area contributed by atoms with Crippen molar-refractivity contribution in [3.05, 3.63) is 59.3 Å². The first-order valence-corrected chi connectivity index (χ1v) is 13.5. The molecule has 1 heterocycles. The minimum absolute atomic E-state index is 0.0247. The van der Waals surface area contributed by atoms with Crippen molar-refractivity contribution in [2.24, 2.45) is 5.92 Å². The molecule has 196 valence electrons. The van der Waals surface area contributed by atoms with Crippen LogP contribution in [0.2, 0.25) is 0 Å². The summed E-state index contributed by atoms with van der Waals surface area (Å²) in [5.74, 6) is -1.29. The van der Waals surface area contributed by atoms with Gasteiger partial charge in [0.05, 0.1) is 5.69 Å². The fraction of sp³-hybridized carbons (Fsp3) is 0.346. The van der Waals surface area contributed by atoms with E-state index in [0.717, 1.165) is 18.4 Å². The molecule has 1 aliphatic rings. The number of amides is 1. The molecule has 1 amide bonds. The summed E-state index contributed by atoms with van der Waals surface area (Å²) >= 11 is 0. The second kappa shape index (κ2) is 10.3. The Hall–Kier alpha value is -3.70. The molecular weight excluding hydrogens is 496 g/mol. The molecule has 1 aromatic heterocycles. The lowest BCUT2D eigenvalue weighted by Crippen LogP contribution is -2.26. The van der Waals surface area contributed by atoms with Gasteiger partial charge < -0.3 is 15.2 Å². The third kappa shape index (κ3) is 6.17. The van der Waals surface area contributed by atoms with Gasteiger partial charge in [0.25, 0.3) is 0 Å². The van der Waals surface area contributed by atoms with Gasteiger partial charge in [0.15, 0.2) is 5.69 Å². The highest BCUT2D eigenvalue weighted by molar-refractivity contribution is 7.89. The third-order valence-electron chi connectivity index (χ3n) is 5.77. The first-order chi connectivity index (χ1) is 17.4. The Morgan fingerprint density at radius 2 is 1.81 bits per heavy atom. The number of benzene rings is 2. The van der Waals surface area contributed by atoms with Gasteiger partial charge in [-0.3, -0.25) is 4.79 Å². The first kappa shape index (κ1) is 26.4. The lowest BCUT2D eigenvalue weighted by Gasteiger charge is -2.16. The largest absolute Gasteiger partial charge is 0.476 e. The van der Waals surface area contributed by atoms with E-state index in [2.05, 4.69) is 15.1 Å². The van der Waals surface area contributed by atoms with Crippen molar-refractivity contribution in [1.82, 2.24) is 14.5 Å². The number of carboxylic acid groups (broad SMARTS) is 1. The van der Waals surface area contributed by atoms with E-state index in [1.165, 1.54) is 16.8 Å². The number of carbonyl (C=O) groups is 2. The molecule has 0 unspecified atom stereocenters. The van der Waals surface area contributed by atoms with Gasteiger partial charge in [0.1, 0.15) is 10.6 Å². The van der Waals surface area contributed by atoms with Crippen molar-refractivity contribution >= 4 is 27.6 Å². The molecule has 2 aromatic carbocycles. The zero-order chi connectivity index (χ0) is 26.9. The molecule has 3 aromatic rings. The second-order valence-corrected chi connectivity index (χ2v) is 11.3. The molecule has 0 bridgehead atoms. The standard InChI is InChI=1S/C26H30N4O6S/c1-15(2)13-23(31)27-19-9-12-21(22(14-19)37(34,35)29-18-7-8-18)36-25-17(4)24(26(32)33)28-30(25)20-10-5-16(3)6-11-20/h5-6,9-12,14-15,18,29H,7-8,13H2,1-4H3,(H,27,31)(H,32,33). The van der Waals surface area contributed by atoms with E-state index < -0.39 is 16.0 Å². The summed E-state index contributed by atoms with van der Waals surface area (Å²) in [6.07, 6.45) is 1.76. The van der Waals surface area contributed by atoms with Crippen LogP contribution in [0.15, 0.2) is 47.4 Å². The summed E-state index contributed by atoms with van der Waals surface area (Å²) in [6, 6.07) is 11.4. The molecular formula is C26H30N4O6S. The zero-order valence-corrected chi connectivity index (χ0v) is 21.9. The van der Waals surface area contributed by atoms with Gasteiger partial charge in [-0.15, -0.1) is 0 Å². The molecule has 0 atom stereocenters. The fourth-order valence-corrected chi connectivity index (χ4v) is 5.17. The number of carbonyl (C=O) groups excluding carboxylic acids is 1. The van der Waals surface area contributed by atoms with Crippen LogP contribution in [-0.2, 0) is 14.8 Å². The first-order valence-electron chi connectivity index (χ1n) is 12.0. The number of carboxylic acids is 1. The quantitative estimate of drug-likeness (QED) is 0.356. The summed E-state index contributed by atoms with van der Waals surface area (Å²) in [7, 11) is -4.01. The minimum atomic E-state index is -4.01. The normalized spacial score (nSPS) is 13.5. The summed E-state index contributed by atoms with van der Waals surface area (Å²) in [4.78, 5) is 24.0. The van der Waals surface area contributed by atoms with Crippen LogP contribution in [0.25, 0.3) is 5.69 Å². The highest BCUT2D eigenvalue weighted by atomic mass is 32.2. The maximum absolute atomic E-state index is 13.3. The monoisotopic (exact) mass is 526 g/mol. The molecule has 11 heteroatoms. The predicted octanol–water partition coefficient (Wildman–Crippen LogP) is 4.40. The topological polar surface area (TPSA) is 140 Å². The van der Waals surface area contributed by atoms with Crippen molar-refractivity contribution in [2.75, 3.05) is 5.32 Å². The average molecular weight is 527 g/mol. The molecule has 0 radical (unpaired) electrons. The fourth-order valence-electron chi connectivity index (χ4n) is 3.72. The SMILES string of the molecule is Cc1ccc(-n2nc(C(=O)O)c(C)c2Oc2ccc(NC(=O)CC(C)C)cc2S(=O)(=O)NC2CC2)cc1. The van der Waals surface area contributed by atoms with E-state index in [1.54, 1.807) is 25.1 Å². The number of rotatable bonds is 10. The van der Waals surface area contributed by atoms with Crippen LogP contribution in [0.3, 0.4) is 0 Å². The molecule has 0 saturated heterocycles. The summed E-state index contributed by atoms with van der Waals surface area (Å²) in [6.45, 7) is 7.30. The van der Waals surface area contributed by atoms with Crippen LogP contribution in [0.1, 0.15) is 54.7 Å². The van der Waals surface area contributed by atoms with E-state index >= 15 is 0 Å². The van der Waals surface area contributed by atoms with E-state index in [1.807, 2.05) is 32.9 Å². The van der Waals surface area contributed by atoms with Gasteiger partial charge in [-0.2, -0.15) is 9.78 Å². The maximum atomic E-state index is 13.3. The van der Waals surface area contributed by atoms with Gasteiger partial charge in [-0.1, -0.05) is 31.5 Å². The van der Waals surface area contributed by atoms with Crippen LogP contribution >= 0.6 is 0 Å². The number of aromatic nitrogens is 2. The van der Waals surface area contributed by atoms with Gasteiger partial charge >= 0.3 is 5.97 Å². The number of nitrogens with zero attached hydrogens (tertiary/aromatic N) is 2. The Kier molecular flexibility index (Phi) is 7.37. The number of sulfonamides is 1. The Bertz CT molecular complexity index is 1440. The number of hydrogen-bond acceptors (Lipinski definition) is 6. The Morgan fingerprint density at radius 3 is 2.41 bits per heavy atom. The molecule has 4 rings (SSSR count). The smallest absolute Gasteiger partial charge is 0.356 e. The summed E-state index contributed by atoms with van der Waals surface area (Å²) < 4.78 is 36.6. The summed E-state index contributed by atoms with van der Waals surface area (Å²) in [5, 5.41) is 16.6. The average Bonchev–Trinajstić information content (AvgIpc) is 3.56. The van der Waals surface area contributed by atoms with Crippen molar-refractivity contribution in [2.45, 2.75) is 57.9 Å². The van der Waals surface area contributed by atoms with Gasteiger partial charge in [-0.25, -0.2) is 17.9 Å². The van der Waals surface area contributed by atoms with E-state index in [-0.39, 0.29) is 52.1 Å². The lowest BCUT2D eigenvalue weighted by molar-refractivity contribution is -0.116. The third-order valence-corrected chi connectivity index (χ3v) is 7.31. The lowest BCUT2D eigenvalue weighted by atomic mass is 10.1. The molecule has 0 spiro atoms. The molecule has 1 aliphatic carbocycles. The van der Waals surface area contributed by atoms with Gasteiger partial charge in [-0.05, 0) is 62.9 Å². The second-order valence-electron chi connectivity index (χ2n) is 9.64. The van der Waals surface area contributed by atoms with Crippen LogP contribution in [0.4, 0.5) is 5.69 Å². The molecule has 1 fully saturated rings. The predicted molar refractivity (Wildman–Crippen MR) is 138 cm³/mol. The van der Waals surface area contributed by atoms with Crippen molar-refractivity contribution < 1.29 is 27.9 Å². The zero-order valence-electron chi connectivity index (χ0n) is 21.1. The number of anilines is 1. The maximum Gasteiger partial charge on any atom is 0.356 e. The van der Waals surface area contributed by atoms with Gasteiger partial charge in [0.2, 0.25) is 21.8 Å². The van der Waals surface area contributed by atoms with Crippen LogP contribution in [-0.4, -0.2) is 41.2 Å². The number of hydrogen-bond donors (Lipinski definition) is 3. The number of aryl methyl sites for hydroxylation is 1. The van der Waals surface area contributed by atoms with Crippen LogP contribution in [0, 0.1) is 19.8 Å². The van der Waals surface area contributed by atoms with E-state index in [9.17, 15) is 23.1 Å². The van der Waals surface area contributed by atoms with E-state index in [0.29, 0.717) is 11.4 Å². The van der Waals surface area contributed by atoms with Gasteiger partial charge in [0, 0.05) is 23.7 Å². The van der Waals surface area contributed by atoms with Crippen LogP contribution in [0.5, 0.6) is 11.6 Å². The molecule has 37 heavy (non-hydrogen) atoms. The number of aromatic carboxylic acids is 1. The highest BCUT2D eigenvalue weighted by Crippen LogP contribution is 2.36. The van der Waals surface area contributed by atoms with E-state index in [4.69, 9.17) is 4.74 Å². The van der Waals surface area contributed by atoms with Crippen molar-refractivity contribution in [3.8, 4) is 17.3 Å². The Morgan fingerprint density at radius 1 is 1.14 bits per heavy atom. The van der Waals surface area contributed by atoms with Crippen molar-refractivity contribution in [3.63, 3.8) is 0 Å². The Balaban J connectivity index is 1.79. The van der Waals surface area contributed by atoms with Crippen molar-refractivity contribution in [1.29, 1.82) is 0 Å². The summed E-state index contributed by atoms with van der Waals surface area (Å²) in [5.41, 5.74) is 1.89. The molecule has 0 aliphatic heterocycles.